The number of carbonyl (C=O) groups excluding carboxylic acids is 2. The number of amides is 1. The van der Waals surface area contributed by atoms with E-state index in [2.05, 4.69) is 0 Å². The van der Waals surface area contributed by atoms with Crippen molar-refractivity contribution in [1.82, 2.24) is 14.4 Å². The number of carbonyl (C=O) groups is 2. The first-order valence-electron chi connectivity index (χ1n) is 15.1. The molecule has 2 aliphatic heterocycles. The van der Waals surface area contributed by atoms with Crippen LogP contribution >= 0.6 is 11.3 Å². The van der Waals surface area contributed by atoms with Crippen LogP contribution < -0.4 is 0 Å². The molecule has 0 unspecified atom stereocenters. The van der Waals surface area contributed by atoms with Crippen molar-refractivity contribution in [2.24, 2.45) is 5.92 Å². The molecule has 2 aromatic heterocycles. The molecule has 0 N–H and O–H groups in total. The normalized spacial score (nSPS) is 20.0. The van der Waals surface area contributed by atoms with Gasteiger partial charge in [-0.05, 0) is 91.0 Å². The Labute approximate surface area is 260 Å². The summed E-state index contributed by atoms with van der Waals surface area (Å²) in [4.78, 5) is 31.3. The van der Waals surface area contributed by atoms with Gasteiger partial charge in [0.2, 0.25) is 0 Å². The predicted octanol–water partition coefficient (Wildman–Crippen LogP) is 7.84. The van der Waals surface area contributed by atoms with E-state index in [9.17, 15) is 22.8 Å². The van der Waals surface area contributed by atoms with Crippen molar-refractivity contribution in [3.63, 3.8) is 0 Å². The summed E-state index contributed by atoms with van der Waals surface area (Å²) in [6.45, 7) is 11.3. The van der Waals surface area contributed by atoms with Gasteiger partial charge in [-0.1, -0.05) is 18.2 Å². The largest absolute Gasteiger partial charge is 0.444 e. The van der Waals surface area contributed by atoms with Crippen LogP contribution in [0.3, 0.4) is 0 Å². The Hall–Kier alpha value is -3.05. The SMILES string of the molecule is C[C@@H]1Cc2c(n(C(=O)OC(C)(C)C)c3ccccc23)[C@@H](c2ccc(CC3CN(C(=O)OC(C)(C)C)C3)s2)N1CC(F)(F)CF. The van der Waals surface area contributed by atoms with E-state index in [1.165, 1.54) is 15.9 Å². The lowest BCUT2D eigenvalue weighted by molar-refractivity contribution is -0.0672. The van der Waals surface area contributed by atoms with E-state index in [4.69, 9.17) is 9.47 Å². The number of halogens is 3. The van der Waals surface area contributed by atoms with Crippen molar-refractivity contribution in [2.45, 2.75) is 90.5 Å². The van der Waals surface area contributed by atoms with Gasteiger partial charge in [-0.15, -0.1) is 11.3 Å². The molecule has 0 aliphatic carbocycles. The molecule has 0 radical (unpaired) electrons. The smallest absolute Gasteiger partial charge is 0.419 e. The van der Waals surface area contributed by atoms with E-state index < -0.39 is 42.5 Å². The van der Waals surface area contributed by atoms with Crippen molar-refractivity contribution in [2.75, 3.05) is 26.3 Å². The summed E-state index contributed by atoms with van der Waals surface area (Å²) in [7, 11) is 0. The summed E-state index contributed by atoms with van der Waals surface area (Å²) < 4.78 is 55.8. The number of fused-ring (bicyclic) bond motifs is 3. The molecule has 4 heterocycles. The number of hydrogen-bond acceptors (Lipinski definition) is 6. The van der Waals surface area contributed by atoms with E-state index >= 15 is 0 Å². The number of likely N-dealkylation sites (tertiary alicyclic amines) is 1. The molecule has 2 atom stereocenters. The fourth-order valence-electron chi connectivity index (χ4n) is 6.12. The van der Waals surface area contributed by atoms with Crippen molar-refractivity contribution in [1.29, 1.82) is 0 Å². The quantitative estimate of drug-likeness (QED) is 0.277. The number of benzene rings is 1. The molecular weight excluding hydrogens is 591 g/mol. The van der Waals surface area contributed by atoms with Gasteiger partial charge in [0.1, 0.15) is 11.2 Å². The second kappa shape index (κ2) is 11.7. The van der Waals surface area contributed by atoms with Crippen molar-refractivity contribution in [3.8, 4) is 0 Å². The molecule has 2 aliphatic rings. The first-order chi connectivity index (χ1) is 20.5. The van der Waals surface area contributed by atoms with E-state index in [1.54, 1.807) is 30.6 Å². The van der Waals surface area contributed by atoms with Gasteiger partial charge in [0.25, 0.3) is 5.92 Å². The molecular formula is C33H42F3N3O4S. The fourth-order valence-corrected chi connectivity index (χ4v) is 7.37. The van der Waals surface area contributed by atoms with Gasteiger partial charge in [0.05, 0.1) is 23.8 Å². The molecule has 3 aromatic rings. The second-order valence-corrected chi connectivity index (χ2v) is 15.3. The minimum atomic E-state index is -3.55. The molecule has 0 spiro atoms. The van der Waals surface area contributed by atoms with Crippen LogP contribution in [0.15, 0.2) is 36.4 Å². The lowest BCUT2D eigenvalue weighted by Gasteiger charge is -2.42. The number of hydrogen-bond donors (Lipinski definition) is 0. The van der Waals surface area contributed by atoms with Crippen LogP contribution in [0.4, 0.5) is 22.8 Å². The third kappa shape index (κ3) is 6.78. The zero-order valence-corrected chi connectivity index (χ0v) is 27.3. The topological polar surface area (TPSA) is 64.0 Å². The highest BCUT2D eigenvalue weighted by molar-refractivity contribution is 7.12. The summed E-state index contributed by atoms with van der Waals surface area (Å²) in [5.74, 6) is -3.31. The molecule has 1 saturated heterocycles. The molecule has 7 nitrogen and oxygen atoms in total. The standard InChI is InChI=1S/C33H42F3N3O4S/c1-20-14-24-23-10-8-9-11-25(23)39(30(41)43-32(5,6)7)27(24)28(38(20)19-33(35,36)18-34)26-13-12-22(44-26)15-21-16-37(17-21)29(40)42-31(2,3)4/h8-13,20-21,28H,14-19H2,1-7H3/t20-,28-/m1/s1. The number of para-hydroxylation sites is 1. The van der Waals surface area contributed by atoms with Gasteiger partial charge >= 0.3 is 12.2 Å². The maximum absolute atomic E-state index is 14.7. The lowest BCUT2D eigenvalue weighted by atomic mass is 9.91. The van der Waals surface area contributed by atoms with Gasteiger partial charge in [-0.25, -0.2) is 27.3 Å². The number of nitrogens with zero attached hydrogens (tertiary/aromatic N) is 3. The zero-order chi connectivity index (χ0) is 32.2. The van der Waals surface area contributed by atoms with Gasteiger partial charge in [0.15, 0.2) is 6.67 Å². The molecule has 1 amide bonds. The zero-order valence-electron chi connectivity index (χ0n) is 26.5. The minimum Gasteiger partial charge on any atom is -0.444 e. The van der Waals surface area contributed by atoms with Crippen LogP contribution in [-0.4, -0.2) is 76.0 Å². The monoisotopic (exact) mass is 633 g/mol. The molecule has 240 valence electrons. The van der Waals surface area contributed by atoms with E-state index in [-0.39, 0.29) is 18.1 Å². The Balaban J connectivity index is 1.52. The summed E-state index contributed by atoms with van der Waals surface area (Å²) in [6, 6.07) is 10.4. The maximum Gasteiger partial charge on any atom is 0.419 e. The minimum absolute atomic E-state index is 0.245. The van der Waals surface area contributed by atoms with Gasteiger partial charge in [-0.2, -0.15) is 0 Å². The van der Waals surface area contributed by atoms with Crippen LogP contribution in [0.1, 0.15) is 75.5 Å². The highest BCUT2D eigenvalue weighted by atomic mass is 32.1. The van der Waals surface area contributed by atoms with Gasteiger partial charge < -0.3 is 14.4 Å². The summed E-state index contributed by atoms with van der Waals surface area (Å²) in [5, 5.41) is 0.871. The Morgan fingerprint density at radius 2 is 1.59 bits per heavy atom. The number of alkyl halides is 3. The number of ether oxygens (including phenoxy) is 2. The summed E-state index contributed by atoms with van der Waals surface area (Å²) in [6.07, 6.45) is 0.226. The average Bonchev–Trinajstić information content (AvgIpc) is 3.46. The summed E-state index contributed by atoms with van der Waals surface area (Å²) in [5.41, 5.74) is 0.802. The number of aromatic nitrogens is 1. The van der Waals surface area contributed by atoms with E-state index in [0.717, 1.165) is 27.1 Å². The third-order valence-corrected chi connectivity index (χ3v) is 9.07. The van der Waals surface area contributed by atoms with Crippen molar-refractivity contribution in [3.05, 3.63) is 57.4 Å². The fraction of sp³-hybridized carbons (Fsp3) is 0.576. The van der Waals surface area contributed by atoms with Gasteiger partial charge in [0, 0.05) is 34.3 Å². The van der Waals surface area contributed by atoms with Crippen molar-refractivity contribution >= 4 is 34.4 Å². The van der Waals surface area contributed by atoms with Gasteiger partial charge in [-0.3, -0.25) is 4.90 Å². The molecule has 11 heteroatoms. The Morgan fingerprint density at radius 1 is 0.955 bits per heavy atom. The molecule has 0 bridgehead atoms. The maximum atomic E-state index is 14.7. The molecule has 1 aromatic carbocycles. The summed E-state index contributed by atoms with van der Waals surface area (Å²) >= 11 is 1.50. The highest BCUT2D eigenvalue weighted by Crippen LogP contribution is 2.46. The van der Waals surface area contributed by atoms with E-state index in [0.29, 0.717) is 30.7 Å². The van der Waals surface area contributed by atoms with Crippen LogP contribution in [0.2, 0.25) is 0 Å². The molecule has 44 heavy (non-hydrogen) atoms. The molecule has 1 fully saturated rings. The predicted molar refractivity (Wildman–Crippen MR) is 166 cm³/mol. The number of thiophene rings is 1. The van der Waals surface area contributed by atoms with Crippen LogP contribution in [0.25, 0.3) is 10.9 Å². The second-order valence-electron chi connectivity index (χ2n) is 14.1. The number of rotatable bonds is 6. The Morgan fingerprint density at radius 3 is 2.23 bits per heavy atom. The Bertz CT molecular complexity index is 1530. The molecule has 5 rings (SSSR count). The lowest BCUT2D eigenvalue weighted by Crippen LogP contribution is -2.52. The van der Waals surface area contributed by atoms with E-state index in [1.807, 2.05) is 64.1 Å². The third-order valence-electron chi connectivity index (χ3n) is 7.91. The van der Waals surface area contributed by atoms with Crippen LogP contribution in [0, 0.1) is 5.92 Å². The highest BCUT2D eigenvalue weighted by Gasteiger charge is 2.45. The first kappa shape index (κ1) is 32.3. The van der Waals surface area contributed by atoms with Crippen molar-refractivity contribution < 1.29 is 32.2 Å². The first-order valence-corrected chi connectivity index (χ1v) is 15.9. The molecule has 0 saturated carbocycles. The van der Waals surface area contributed by atoms with Crippen LogP contribution in [0.5, 0.6) is 0 Å². The average molecular weight is 634 g/mol. The Kier molecular flexibility index (Phi) is 8.61. The van der Waals surface area contributed by atoms with Crippen LogP contribution in [-0.2, 0) is 22.3 Å².